The maximum atomic E-state index is 13.9. The molecule has 0 aromatic heterocycles. The van der Waals surface area contributed by atoms with Crippen molar-refractivity contribution in [2.45, 2.75) is 76.8 Å². The quantitative estimate of drug-likeness (QED) is 0.378. The zero-order valence-electron chi connectivity index (χ0n) is 25.3. The molecule has 1 atom stereocenters. The molecule has 9 heteroatoms. The van der Waals surface area contributed by atoms with Gasteiger partial charge in [-0.3, -0.25) is 13.9 Å². The molecule has 1 N–H and O–H groups in total. The molecule has 4 aliphatic rings. The second-order valence-corrected chi connectivity index (χ2v) is 14.8. The largest absolute Gasteiger partial charge is 0.497 e. The van der Waals surface area contributed by atoms with Gasteiger partial charge in [0.1, 0.15) is 18.3 Å². The van der Waals surface area contributed by atoms with Crippen LogP contribution in [0.1, 0.15) is 69.9 Å². The van der Waals surface area contributed by atoms with E-state index in [1.807, 2.05) is 43.3 Å². The SMILES string of the molecule is CCCNC(=O)C(C)N(Cc1cccc(OC)c1)C(=O)CN(c1ccc(C23CC4CC(CC(C4)C2)C3)cc1)S(C)(=O)=O. The number of nitrogens with zero attached hydrogens (tertiary/aromatic N) is 2. The third-order valence-corrected chi connectivity index (χ3v) is 10.8. The first kappa shape index (κ1) is 30.4. The van der Waals surface area contributed by atoms with Gasteiger partial charge in [-0.15, -0.1) is 0 Å². The molecular formula is C33H45N3O5S. The van der Waals surface area contributed by atoms with Crippen LogP contribution >= 0.6 is 0 Å². The first-order chi connectivity index (χ1) is 20.0. The van der Waals surface area contributed by atoms with Crippen LogP contribution in [0.5, 0.6) is 5.75 Å². The monoisotopic (exact) mass is 595 g/mol. The summed E-state index contributed by atoms with van der Waals surface area (Å²) in [4.78, 5) is 28.3. The summed E-state index contributed by atoms with van der Waals surface area (Å²) < 4.78 is 32.6. The molecule has 0 radical (unpaired) electrons. The van der Waals surface area contributed by atoms with Crippen molar-refractivity contribution >= 4 is 27.5 Å². The molecule has 2 aromatic carbocycles. The lowest BCUT2D eigenvalue weighted by Crippen LogP contribution is -2.51. The van der Waals surface area contributed by atoms with Gasteiger partial charge in [0.25, 0.3) is 0 Å². The highest BCUT2D eigenvalue weighted by molar-refractivity contribution is 7.92. The van der Waals surface area contributed by atoms with E-state index in [9.17, 15) is 18.0 Å². The Balaban J connectivity index is 1.38. The first-order valence-corrected chi connectivity index (χ1v) is 17.1. The predicted molar refractivity (Wildman–Crippen MR) is 165 cm³/mol. The van der Waals surface area contributed by atoms with Gasteiger partial charge in [0, 0.05) is 13.1 Å². The highest BCUT2D eigenvalue weighted by atomic mass is 32.2. The number of carbonyl (C=O) groups excluding carboxylic acids is 2. The predicted octanol–water partition coefficient (Wildman–Crippen LogP) is 4.87. The van der Waals surface area contributed by atoms with Crippen LogP contribution in [0.2, 0.25) is 0 Å². The number of hydrogen-bond acceptors (Lipinski definition) is 5. The van der Waals surface area contributed by atoms with Crippen molar-refractivity contribution < 1.29 is 22.7 Å². The van der Waals surface area contributed by atoms with E-state index in [1.54, 1.807) is 14.0 Å². The number of methoxy groups -OCH3 is 1. The summed E-state index contributed by atoms with van der Waals surface area (Å²) in [6.07, 6.45) is 9.66. The number of amides is 2. The lowest BCUT2D eigenvalue weighted by molar-refractivity contribution is -0.139. The first-order valence-electron chi connectivity index (χ1n) is 15.3. The van der Waals surface area contributed by atoms with Gasteiger partial charge < -0.3 is 15.0 Å². The Kier molecular flexibility index (Phi) is 8.88. The average Bonchev–Trinajstić information content (AvgIpc) is 2.96. The van der Waals surface area contributed by atoms with Gasteiger partial charge in [-0.1, -0.05) is 31.2 Å². The Bertz CT molecular complexity index is 1360. The second kappa shape index (κ2) is 12.3. The van der Waals surface area contributed by atoms with E-state index in [2.05, 4.69) is 17.4 Å². The molecule has 2 amide bonds. The number of sulfonamides is 1. The molecule has 0 aliphatic heterocycles. The molecule has 2 aromatic rings. The molecule has 4 fully saturated rings. The fourth-order valence-electron chi connectivity index (χ4n) is 8.01. The van der Waals surface area contributed by atoms with Crippen molar-refractivity contribution in [3.8, 4) is 5.75 Å². The Morgan fingerprint density at radius 2 is 1.64 bits per heavy atom. The van der Waals surface area contributed by atoms with Crippen molar-refractivity contribution in [1.29, 1.82) is 0 Å². The molecule has 0 saturated heterocycles. The van der Waals surface area contributed by atoms with E-state index in [0.717, 1.165) is 40.3 Å². The molecular weight excluding hydrogens is 550 g/mol. The Hall–Kier alpha value is -3.07. The van der Waals surface area contributed by atoms with Gasteiger partial charge >= 0.3 is 0 Å². The summed E-state index contributed by atoms with van der Waals surface area (Å²) in [5, 5.41) is 2.86. The van der Waals surface area contributed by atoms with E-state index < -0.39 is 28.5 Å². The molecule has 4 saturated carbocycles. The van der Waals surface area contributed by atoms with Gasteiger partial charge in [-0.05, 0) is 110 Å². The van der Waals surface area contributed by atoms with E-state index >= 15 is 0 Å². The molecule has 0 heterocycles. The highest BCUT2D eigenvalue weighted by Crippen LogP contribution is 2.60. The van der Waals surface area contributed by atoms with Gasteiger partial charge in [0.2, 0.25) is 21.8 Å². The van der Waals surface area contributed by atoms with Gasteiger partial charge in [-0.25, -0.2) is 8.42 Å². The summed E-state index contributed by atoms with van der Waals surface area (Å²) in [5.41, 5.74) is 2.74. The van der Waals surface area contributed by atoms with Crippen LogP contribution in [0.25, 0.3) is 0 Å². The normalized spacial score (nSPS) is 25.1. The van der Waals surface area contributed by atoms with Crippen molar-refractivity contribution in [2.24, 2.45) is 17.8 Å². The van der Waals surface area contributed by atoms with Crippen LogP contribution < -0.4 is 14.4 Å². The summed E-state index contributed by atoms with van der Waals surface area (Å²) in [6.45, 7) is 3.87. The summed E-state index contributed by atoms with van der Waals surface area (Å²) in [5.74, 6) is 2.35. The van der Waals surface area contributed by atoms with Crippen molar-refractivity contribution in [2.75, 3.05) is 30.8 Å². The number of anilines is 1. The number of carbonyl (C=O) groups is 2. The van der Waals surface area contributed by atoms with Crippen LogP contribution in [0.4, 0.5) is 5.69 Å². The fourth-order valence-corrected chi connectivity index (χ4v) is 8.85. The summed E-state index contributed by atoms with van der Waals surface area (Å²) >= 11 is 0. The molecule has 42 heavy (non-hydrogen) atoms. The molecule has 4 aliphatic carbocycles. The Morgan fingerprint density at radius 1 is 1.02 bits per heavy atom. The van der Waals surface area contributed by atoms with E-state index in [0.29, 0.717) is 18.0 Å². The Labute approximate surface area is 250 Å². The third-order valence-electron chi connectivity index (χ3n) is 9.69. The lowest BCUT2D eigenvalue weighted by Gasteiger charge is -2.57. The third kappa shape index (κ3) is 6.46. The van der Waals surface area contributed by atoms with Crippen molar-refractivity contribution in [1.82, 2.24) is 10.2 Å². The molecule has 0 spiro atoms. The number of rotatable bonds is 12. The number of nitrogens with one attached hydrogen (secondary N) is 1. The highest BCUT2D eigenvalue weighted by Gasteiger charge is 2.51. The van der Waals surface area contributed by atoms with E-state index in [1.165, 1.54) is 49.0 Å². The van der Waals surface area contributed by atoms with Crippen molar-refractivity contribution in [3.05, 3.63) is 59.7 Å². The van der Waals surface area contributed by atoms with E-state index in [4.69, 9.17) is 4.74 Å². The minimum atomic E-state index is -3.78. The lowest BCUT2D eigenvalue weighted by atomic mass is 9.48. The maximum absolute atomic E-state index is 13.9. The number of benzene rings is 2. The van der Waals surface area contributed by atoms with Gasteiger partial charge in [-0.2, -0.15) is 0 Å². The maximum Gasteiger partial charge on any atom is 0.244 e. The minimum Gasteiger partial charge on any atom is -0.497 e. The molecule has 8 nitrogen and oxygen atoms in total. The minimum absolute atomic E-state index is 0.138. The average molecular weight is 596 g/mol. The topological polar surface area (TPSA) is 96.0 Å². The van der Waals surface area contributed by atoms with Crippen LogP contribution in [-0.2, 0) is 31.6 Å². The molecule has 4 bridgehead atoms. The fraction of sp³-hybridized carbons (Fsp3) is 0.576. The molecule has 1 unspecified atom stereocenters. The number of hydrogen-bond donors (Lipinski definition) is 1. The summed E-state index contributed by atoms with van der Waals surface area (Å²) in [7, 11) is -2.21. The van der Waals surface area contributed by atoms with Crippen LogP contribution in [0, 0.1) is 17.8 Å². The number of ether oxygens (including phenoxy) is 1. The molecule has 228 valence electrons. The molecule has 6 rings (SSSR count). The van der Waals surface area contributed by atoms with Gasteiger partial charge in [0.15, 0.2) is 0 Å². The zero-order chi connectivity index (χ0) is 30.1. The van der Waals surface area contributed by atoms with Crippen LogP contribution in [0.3, 0.4) is 0 Å². The van der Waals surface area contributed by atoms with Crippen LogP contribution in [0.15, 0.2) is 48.5 Å². The van der Waals surface area contributed by atoms with Crippen molar-refractivity contribution in [3.63, 3.8) is 0 Å². The van der Waals surface area contributed by atoms with E-state index in [-0.39, 0.29) is 17.9 Å². The zero-order valence-corrected chi connectivity index (χ0v) is 26.2. The Morgan fingerprint density at radius 3 is 2.19 bits per heavy atom. The van der Waals surface area contributed by atoms with Crippen LogP contribution in [-0.4, -0.2) is 57.6 Å². The summed E-state index contributed by atoms with van der Waals surface area (Å²) in [6, 6.07) is 14.4. The smallest absolute Gasteiger partial charge is 0.244 e. The van der Waals surface area contributed by atoms with Gasteiger partial charge in [0.05, 0.1) is 19.1 Å². The second-order valence-electron chi connectivity index (χ2n) is 12.9. The standard InChI is InChI=1S/C33H45N3O5S/c1-5-13-34-32(38)23(2)35(21-24-7-6-8-30(17-24)41-3)31(37)22-36(42(4,39)40)29-11-9-28(10-12-29)33-18-25-14-26(19-33)16-27(15-25)20-33/h6-12,17,23,25-27H,5,13-16,18-22H2,1-4H3,(H,34,38).